The first kappa shape index (κ1) is 18.0. The largest absolute Gasteiger partial charge is 0.385 e. The number of aromatic nitrogens is 3. The van der Waals surface area contributed by atoms with Crippen LogP contribution in [0, 0.1) is 5.92 Å². The number of imidazole rings is 1. The predicted molar refractivity (Wildman–Crippen MR) is 101 cm³/mol. The summed E-state index contributed by atoms with van der Waals surface area (Å²) in [7, 11) is 1.87. The van der Waals surface area contributed by atoms with Crippen LogP contribution in [0.2, 0.25) is 0 Å². The van der Waals surface area contributed by atoms with Gasteiger partial charge in [-0.3, -0.25) is 9.59 Å². The van der Waals surface area contributed by atoms with E-state index < -0.39 is 6.10 Å². The Bertz CT molecular complexity index is 893. The number of pyridine rings is 1. The van der Waals surface area contributed by atoms with Crippen LogP contribution in [0.5, 0.6) is 0 Å². The highest BCUT2D eigenvalue weighted by atomic mass is 16.3. The summed E-state index contributed by atoms with van der Waals surface area (Å²) in [6, 6.07) is 1.80. The van der Waals surface area contributed by atoms with E-state index in [1.54, 1.807) is 17.2 Å². The van der Waals surface area contributed by atoms with Crippen molar-refractivity contribution in [2.75, 3.05) is 13.1 Å². The number of carbonyl (C=O) groups excluding carboxylic acids is 1. The molecule has 1 atom stereocenters. The summed E-state index contributed by atoms with van der Waals surface area (Å²) in [6.45, 7) is 1.09. The summed E-state index contributed by atoms with van der Waals surface area (Å²) >= 11 is 0. The third-order valence-corrected chi connectivity index (χ3v) is 5.96. The van der Waals surface area contributed by atoms with Crippen molar-refractivity contribution >= 4 is 5.91 Å². The molecule has 2 aromatic heterocycles. The van der Waals surface area contributed by atoms with Gasteiger partial charge in [0.25, 0.3) is 11.5 Å². The van der Waals surface area contributed by atoms with E-state index in [0.29, 0.717) is 31.8 Å². The van der Waals surface area contributed by atoms with Crippen molar-refractivity contribution < 1.29 is 9.90 Å². The molecule has 144 valence electrons. The third kappa shape index (κ3) is 3.43. The van der Waals surface area contributed by atoms with E-state index in [2.05, 4.69) is 9.97 Å². The Balaban J connectivity index is 1.45. The number of aryl methyl sites for hydroxylation is 3. The molecule has 0 bridgehead atoms. The number of hydrogen-bond donors (Lipinski definition) is 2. The van der Waals surface area contributed by atoms with Crippen molar-refractivity contribution in [1.29, 1.82) is 0 Å². The Labute approximate surface area is 158 Å². The molecule has 2 N–H and O–H groups in total. The summed E-state index contributed by atoms with van der Waals surface area (Å²) in [5.74, 6) is 0.525. The maximum Gasteiger partial charge on any atom is 0.261 e. The fraction of sp³-hybridized carbons (Fsp3) is 0.550. The molecule has 7 nitrogen and oxygen atoms in total. The molecule has 7 heteroatoms. The maximum absolute atomic E-state index is 12.9. The SMILES string of the molecule is Cn1ccnc1[C@H](O)C1CCN(C(=O)c2cc3c([nH]c2=O)CCCC3)CC1. The minimum absolute atomic E-state index is 0.0666. The number of aliphatic hydroxyl groups excluding tert-OH is 1. The molecule has 1 aliphatic heterocycles. The zero-order valence-corrected chi connectivity index (χ0v) is 15.6. The molecule has 2 aliphatic rings. The Hall–Kier alpha value is -2.41. The summed E-state index contributed by atoms with van der Waals surface area (Å²) in [6.07, 6.45) is 8.25. The van der Waals surface area contributed by atoms with Gasteiger partial charge < -0.3 is 19.6 Å². The van der Waals surface area contributed by atoms with Crippen molar-refractivity contribution in [2.24, 2.45) is 13.0 Å². The van der Waals surface area contributed by atoms with Crippen molar-refractivity contribution in [3.05, 3.63) is 51.5 Å². The monoisotopic (exact) mass is 370 g/mol. The standard InChI is InChI=1S/C20H26N4O3/c1-23-11-8-21-18(23)17(25)13-6-9-24(10-7-13)20(27)15-12-14-4-2-3-5-16(14)22-19(15)26/h8,11-13,17,25H,2-7,9-10H2,1H3,(H,22,26)/t17-/m1/s1. The second kappa shape index (κ2) is 7.31. The van der Waals surface area contributed by atoms with E-state index in [-0.39, 0.29) is 22.9 Å². The fourth-order valence-corrected chi connectivity index (χ4v) is 4.30. The number of fused-ring (bicyclic) bond motifs is 1. The molecule has 0 aromatic carbocycles. The number of carbonyl (C=O) groups is 1. The molecule has 2 aromatic rings. The first-order valence-electron chi connectivity index (χ1n) is 9.74. The van der Waals surface area contributed by atoms with Gasteiger partial charge in [0, 0.05) is 38.2 Å². The molecule has 1 amide bonds. The van der Waals surface area contributed by atoms with Gasteiger partial charge in [-0.15, -0.1) is 0 Å². The maximum atomic E-state index is 12.9. The second-order valence-electron chi connectivity index (χ2n) is 7.69. The first-order chi connectivity index (χ1) is 13.0. The lowest BCUT2D eigenvalue weighted by molar-refractivity contribution is 0.0419. The number of piperidine rings is 1. The van der Waals surface area contributed by atoms with Gasteiger partial charge in [-0.1, -0.05) is 0 Å². The molecule has 1 aliphatic carbocycles. The summed E-state index contributed by atoms with van der Waals surface area (Å²) < 4.78 is 1.83. The second-order valence-corrected chi connectivity index (χ2v) is 7.69. The van der Waals surface area contributed by atoms with Crippen molar-refractivity contribution in [3.63, 3.8) is 0 Å². The number of nitrogens with zero attached hydrogens (tertiary/aromatic N) is 3. The molecule has 4 rings (SSSR count). The highest BCUT2D eigenvalue weighted by Gasteiger charge is 2.31. The first-order valence-corrected chi connectivity index (χ1v) is 9.74. The van der Waals surface area contributed by atoms with E-state index >= 15 is 0 Å². The van der Waals surface area contributed by atoms with E-state index in [4.69, 9.17) is 0 Å². The zero-order chi connectivity index (χ0) is 19.0. The molecular formula is C20H26N4O3. The van der Waals surface area contributed by atoms with Crippen LogP contribution in [0.15, 0.2) is 23.3 Å². The van der Waals surface area contributed by atoms with Gasteiger partial charge in [0.1, 0.15) is 17.5 Å². The lowest BCUT2D eigenvalue weighted by Gasteiger charge is -2.34. The van der Waals surface area contributed by atoms with Crippen LogP contribution < -0.4 is 5.56 Å². The van der Waals surface area contributed by atoms with Gasteiger partial charge >= 0.3 is 0 Å². The molecule has 0 unspecified atom stereocenters. The minimum Gasteiger partial charge on any atom is -0.385 e. The minimum atomic E-state index is -0.630. The van der Waals surface area contributed by atoms with Crippen LogP contribution in [0.3, 0.4) is 0 Å². The highest BCUT2D eigenvalue weighted by molar-refractivity contribution is 5.94. The van der Waals surface area contributed by atoms with Gasteiger partial charge in [0.2, 0.25) is 0 Å². The van der Waals surface area contributed by atoms with E-state index in [1.807, 2.05) is 17.8 Å². The van der Waals surface area contributed by atoms with Crippen LogP contribution in [0.25, 0.3) is 0 Å². The summed E-state index contributed by atoms with van der Waals surface area (Å²) in [5, 5.41) is 10.6. The van der Waals surface area contributed by atoms with Gasteiger partial charge in [-0.2, -0.15) is 0 Å². The van der Waals surface area contributed by atoms with Crippen molar-refractivity contribution in [3.8, 4) is 0 Å². The van der Waals surface area contributed by atoms with Gasteiger partial charge in [-0.25, -0.2) is 4.98 Å². The molecule has 1 saturated heterocycles. The number of H-pyrrole nitrogens is 1. The Morgan fingerprint density at radius 2 is 2.04 bits per heavy atom. The normalized spacial score (nSPS) is 19.0. The molecule has 1 fully saturated rings. The average molecular weight is 370 g/mol. The number of likely N-dealkylation sites (tertiary alicyclic amines) is 1. The summed E-state index contributed by atoms with van der Waals surface area (Å²) in [5.41, 5.74) is 2.05. The molecule has 0 radical (unpaired) electrons. The van der Waals surface area contributed by atoms with Crippen LogP contribution in [0.1, 0.15) is 59.2 Å². The highest BCUT2D eigenvalue weighted by Crippen LogP contribution is 2.30. The molecule has 3 heterocycles. The van der Waals surface area contributed by atoms with E-state index in [1.165, 1.54) is 0 Å². The Kier molecular flexibility index (Phi) is 4.86. The lowest BCUT2D eigenvalue weighted by Crippen LogP contribution is -2.42. The van der Waals surface area contributed by atoms with Crippen LogP contribution >= 0.6 is 0 Å². The van der Waals surface area contributed by atoms with Crippen LogP contribution in [0.4, 0.5) is 0 Å². The molecule has 27 heavy (non-hydrogen) atoms. The Morgan fingerprint density at radius 3 is 2.74 bits per heavy atom. The number of amides is 1. The van der Waals surface area contributed by atoms with Crippen molar-refractivity contribution in [2.45, 2.75) is 44.6 Å². The molecule has 0 saturated carbocycles. The zero-order valence-electron chi connectivity index (χ0n) is 15.6. The fourth-order valence-electron chi connectivity index (χ4n) is 4.30. The summed E-state index contributed by atoms with van der Waals surface area (Å²) in [4.78, 5) is 34.2. The number of rotatable bonds is 3. The van der Waals surface area contributed by atoms with Crippen LogP contribution in [-0.4, -0.2) is 43.5 Å². The number of aliphatic hydroxyl groups is 1. The number of hydrogen-bond acceptors (Lipinski definition) is 4. The van der Waals surface area contributed by atoms with E-state index in [0.717, 1.165) is 36.9 Å². The third-order valence-electron chi connectivity index (χ3n) is 5.96. The molecular weight excluding hydrogens is 344 g/mol. The number of aromatic amines is 1. The van der Waals surface area contributed by atoms with E-state index in [9.17, 15) is 14.7 Å². The quantitative estimate of drug-likeness (QED) is 0.858. The topological polar surface area (TPSA) is 91.2 Å². The predicted octanol–water partition coefficient (Wildman–Crippen LogP) is 1.57. The van der Waals surface area contributed by atoms with Gasteiger partial charge in [-0.05, 0) is 56.1 Å². The number of nitrogens with one attached hydrogen (secondary N) is 1. The van der Waals surface area contributed by atoms with Crippen LogP contribution in [-0.2, 0) is 19.9 Å². The van der Waals surface area contributed by atoms with Crippen molar-refractivity contribution in [1.82, 2.24) is 19.4 Å². The average Bonchev–Trinajstić information content (AvgIpc) is 3.12. The lowest BCUT2D eigenvalue weighted by atomic mass is 9.90. The molecule has 0 spiro atoms. The Morgan fingerprint density at radius 1 is 1.30 bits per heavy atom. The van der Waals surface area contributed by atoms with Gasteiger partial charge in [0.05, 0.1) is 0 Å². The smallest absolute Gasteiger partial charge is 0.261 e. The van der Waals surface area contributed by atoms with Gasteiger partial charge in [0.15, 0.2) is 0 Å².